The van der Waals surface area contributed by atoms with Crippen molar-refractivity contribution >= 4 is 29.2 Å². The maximum absolute atomic E-state index is 12.5. The van der Waals surface area contributed by atoms with E-state index >= 15 is 0 Å². The van der Waals surface area contributed by atoms with E-state index in [2.05, 4.69) is 21.3 Å². The van der Waals surface area contributed by atoms with Crippen molar-refractivity contribution in [1.82, 2.24) is 10.6 Å². The van der Waals surface area contributed by atoms with Crippen molar-refractivity contribution in [3.05, 3.63) is 83.9 Å². The molecule has 0 unspecified atom stereocenters. The maximum Gasteiger partial charge on any atom is 0.323 e. The molecule has 4 amide bonds. The molecule has 0 radical (unpaired) electrons. The minimum Gasteiger partial charge on any atom is -0.493 e. The maximum atomic E-state index is 12.5. The molecule has 4 N–H and O–H groups in total. The van der Waals surface area contributed by atoms with Gasteiger partial charge in [0.05, 0.1) is 7.11 Å². The first kappa shape index (κ1) is 25.1. The molecule has 0 aromatic heterocycles. The van der Waals surface area contributed by atoms with Crippen LogP contribution in [-0.4, -0.2) is 38.1 Å². The zero-order chi connectivity index (χ0) is 25.0. The third-order valence-electron chi connectivity index (χ3n) is 4.85. The predicted octanol–water partition coefficient (Wildman–Crippen LogP) is 3.78. The summed E-state index contributed by atoms with van der Waals surface area (Å²) in [5, 5.41) is 11.0. The molecule has 0 fully saturated rings. The Morgan fingerprint density at radius 2 is 1.49 bits per heavy atom. The fraction of sp³-hybridized carbons (Fsp3) is 0.192. The van der Waals surface area contributed by atoms with E-state index in [1.54, 1.807) is 54.6 Å². The van der Waals surface area contributed by atoms with E-state index in [-0.39, 0.29) is 31.0 Å². The van der Waals surface area contributed by atoms with E-state index in [4.69, 9.17) is 9.47 Å². The number of likely N-dealkylation sites (N-methyl/N-ethyl adjacent to an activating group) is 1. The first-order chi connectivity index (χ1) is 17.0. The second-order valence-electron chi connectivity index (χ2n) is 7.43. The van der Waals surface area contributed by atoms with Crippen molar-refractivity contribution in [3.8, 4) is 11.5 Å². The summed E-state index contributed by atoms with van der Waals surface area (Å²) in [7, 11) is 1.51. The summed E-state index contributed by atoms with van der Waals surface area (Å²) >= 11 is 0. The van der Waals surface area contributed by atoms with E-state index < -0.39 is 0 Å². The van der Waals surface area contributed by atoms with Gasteiger partial charge >= 0.3 is 6.03 Å². The zero-order valence-corrected chi connectivity index (χ0v) is 19.6. The molecule has 182 valence electrons. The average molecular weight is 477 g/mol. The monoisotopic (exact) mass is 476 g/mol. The molecule has 0 atom stereocenters. The van der Waals surface area contributed by atoms with Crippen LogP contribution in [0.2, 0.25) is 0 Å². The lowest BCUT2D eigenvalue weighted by Crippen LogP contribution is -2.28. The van der Waals surface area contributed by atoms with Gasteiger partial charge in [-0.25, -0.2) is 4.79 Å². The number of methoxy groups -OCH3 is 1. The van der Waals surface area contributed by atoms with Gasteiger partial charge in [0, 0.05) is 30.0 Å². The fourth-order valence-corrected chi connectivity index (χ4v) is 3.14. The van der Waals surface area contributed by atoms with Crippen molar-refractivity contribution in [1.29, 1.82) is 0 Å². The number of carbonyl (C=O) groups is 3. The Hall–Kier alpha value is -4.53. The number of ether oxygens (including phenoxy) is 2. The second-order valence-corrected chi connectivity index (χ2v) is 7.43. The number of rotatable bonds is 10. The molecule has 0 bridgehead atoms. The van der Waals surface area contributed by atoms with Crippen LogP contribution in [0, 0.1) is 0 Å². The highest BCUT2D eigenvalue weighted by Gasteiger charge is 2.11. The molecule has 3 rings (SSSR count). The predicted molar refractivity (Wildman–Crippen MR) is 134 cm³/mol. The third kappa shape index (κ3) is 7.78. The van der Waals surface area contributed by atoms with Crippen LogP contribution in [0.15, 0.2) is 72.8 Å². The first-order valence-corrected chi connectivity index (χ1v) is 11.1. The number of amides is 4. The third-order valence-corrected chi connectivity index (χ3v) is 4.85. The lowest BCUT2D eigenvalue weighted by molar-refractivity contribution is -0.123. The van der Waals surface area contributed by atoms with E-state index in [9.17, 15) is 14.4 Å². The van der Waals surface area contributed by atoms with Crippen LogP contribution >= 0.6 is 0 Å². The van der Waals surface area contributed by atoms with Gasteiger partial charge in [-0.2, -0.15) is 0 Å². The van der Waals surface area contributed by atoms with Crippen LogP contribution in [-0.2, 0) is 11.3 Å². The van der Waals surface area contributed by atoms with Crippen molar-refractivity contribution in [2.75, 3.05) is 30.9 Å². The molecular formula is C26H28N4O5. The summed E-state index contributed by atoms with van der Waals surface area (Å²) in [5.41, 5.74) is 2.49. The molecule has 0 aliphatic rings. The van der Waals surface area contributed by atoms with E-state index in [0.29, 0.717) is 35.0 Å². The van der Waals surface area contributed by atoms with Crippen molar-refractivity contribution in [2.24, 2.45) is 0 Å². The van der Waals surface area contributed by atoms with Gasteiger partial charge in [-0.3, -0.25) is 9.59 Å². The molecule has 35 heavy (non-hydrogen) atoms. The fourth-order valence-electron chi connectivity index (χ4n) is 3.14. The number of benzene rings is 3. The number of para-hydroxylation sites is 1. The molecule has 0 saturated heterocycles. The van der Waals surface area contributed by atoms with Gasteiger partial charge in [-0.1, -0.05) is 24.3 Å². The van der Waals surface area contributed by atoms with Gasteiger partial charge in [0.15, 0.2) is 18.1 Å². The summed E-state index contributed by atoms with van der Waals surface area (Å²) in [6.45, 7) is 2.52. The molecule has 0 aliphatic heterocycles. The molecule has 9 heteroatoms. The number of hydrogen-bond acceptors (Lipinski definition) is 5. The molecule has 3 aromatic rings. The summed E-state index contributed by atoms with van der Waals surface area (Å²) < 4.78 is 10.8. The highest BCUT2D eigenvalue weighted by molar-refractivity contribution is 6.00. The van der Waals surface area contributed by atoms with Gasteiger partial charge < -0.3 is 30.7 Å². The highest BCUT2D eigenvalue weighted by atomic mass is 16.5. The quantitative estimate of drug-likeness (QED) is 0.355. The van der Waals surface area contributed by atoms with Crippen LogP contribution in [0.3, 0.4) is 0 Å². The molecule has 9 nitrogen and oxygen atoms in total. The molecule has 3 aromatic carbocycles. The Bertz CT molecular complexity index is 1150. The number of nitrogens with one attached hydrogen (secondary N) is 4. The Morgan fingerprint density at radius 3 is 2.14 bits per heavy atom. The Kier molecular flexibility index (Phi) is 9.07. The van der Waals surface area contributed by atoms with E-state index in [1.165, 1.54) is 7.11 Å². The largest absolute Gasteiger partial charge is 0.493 e. The summed E-state index contributed by atoms with van der Waals surface area (Å²) in [5.74, 6) is 0.420. The normalized spacial score (nSPS) is 10.1. The molecule has 0 aliphatic carbocycles. The number of anilines is 2. The minimum absolute atomic E-state index is 0.112. The topological polar surface area (TPSA) is 118 Å². The summed E-state index contributed by atoms with van der Waals surface area (Å²) in [4.78, 5) is 36.2. The average Bonchev–Trinajstić information content (AvgIpc) is 2.87. The van der Waals surface area contributed by atoms with Crippen LogP contribution in [0.25, 0.3) is 0 Å². The van der Waals surface area contributed by atoms with Gasteiger partial charge in [0.2, 0.25) is 0 Å². The first-order valence-electron chi connectivity index (χ1n) is 11.1. The van der Waals surface area contributed by atoms with Gasteiger partial charge in [-0.05, 0) is 61.0 Å². The molecule has 0 heterocycles. The standard InChI is InChI=1S/C26H28N4O5/c1-3-27-24(31)17-35-22-14-9-18(15-23(22)34-2)16-28-25(32)19-10-12-21(13-11-19)30-26(33)29-20-7-5-4-6-8-20/h4-15H,3,16-17H2,1-2H3,(H,27,31)(H,28,32)(H2,29,30,33). The SMILES string of the molecule is CCNC(=O)COc1ccc(CNC(=O)c2ccc(NC(=O)Nc3ccccc3)cc2)cc1OC. The Balaban J connectivity index is 1.51. The van der Waals surface area contributed by atoms with Gasteiger partial charge in [0.1, 0.15) is 0 Å². The second kappa shape index (κ2) is 12.6. The highest BCUT2D eigenvalue weighted by Crippen LogP contribution is 2.28. The number of urea groups is 1. The van der Waals surface area contributed by atoms with Crippen molar-refractivity contribution in [2.45, 2.75) is 13.5 Å². The number of hydrogen-bond donors (Lipinski definition) is 4. The molecule has 0 saturated carbocycles. The van der Waals surface area contributed by atoms with Crippen LogP contribution in [0.4, 0.5) is 16.2 Å². The Labute approximate surface area is 203 Å². The van der Waals surface area contributed by atoms with Gasteiger partial charge in [-0.15, -0.1) is 0 Å². The van der Waals surface area contributed by atoms with Crippen LogP contribution in [0.5, 0.6) is 11.5 Å². The van der Waals surface area contributed by atoms with E-state index in [0.717, 1.165) is 5.56 Å². The Morgan fingerprint density at radius 1 is 0.800 bits per heavy atom. The summed E-state index contributed by atoms with van der Waals surface area (Å²) in [6, 6.07) is 20.5. The summed E-state index contributed by atoms with van der Waals surface area (Å²) in [6.07, 6.45) is 0. The van der Waals surface area contributed by atoms with Crippen molar-refractivity contribution < 1.29 is 23.9 Å². The van der Waals surface area contributed by atoms with Crippen LogP contribution < -0.4 is 30.7 Å². The molecular weight excluding hydrogens is 448 g/mol. The lowest BCUT2D eigenvalue weighted by Gasteiger charge is -2.13. The van der Waals surface area contributed by atoms with E-state index in [1.807, 2.05) is 25.1 Å². The molecule has 0 spiro atoms. The zero-order valence-electron chi connectivity index (χ0n) is 19.6. The smallest absolute Gasteiger partial charge is 0.323 e. The van der Waals surface area contributed by atoms with Crippen molar-refractivity contribution in [3.63, 3.8) is 0 Å². The van der Waals surface area contributed by atoms with Crippen LogP contribution in [0.1, 0.15) is 22.8 Å². The lowest BCUT2D eigenvalue weighted by atomic mass is 10.1. The van der Waals surface area contributed by atoms with Gasteiger partial charge in [0.25, 0.3) is 11.8 Å². The number of carbonyl (C=O) groups excluding carboxylic acids is 3. The minimum atomic E-state index is -0.374.